The van der Waals surface area contributed by atoms with E-state index in [-0.39, 0.29) is 50.9 Å². The van der Waals surface area contributed by atoms with Gasteiger partial charge in [-0.15, -0.1) is 0 Å². The van der Waals surface area contributed by atoms with E-state index >= 15 is 0 Å². The van der Waals surface area contributed by atoms with Crippen molar-refractivity contribution in [1.82, 2.24) is 0 Å². The Bertz CT molecular complexity index is 139. The first-order valence-corrected chi connectivity index (χ1v) is 3.65. The van der Waals surface area contributed by atoms with Crippen molar-refractivity contribution in [1.29, 1.82) is 0 Å². The number of rotatable bonds is 2. The number of methoxy groups -OCH3 is 1. The Hall–Kier alpha value is 1.05. The molecule has 0 aliphatic carbocycles. The molecular formula is C7H13BNO2Y-. The predicted molar refractivity (Wildman–Crippen MR) is 43.2 cm³/mol. The van der Waals surface area contributed by atoms with Crippen molar-refractivity contribution in [3.8, 4) is 0 Å². The summed E-state index contributed by atoms with van der Waals surface area (Å²) in [6.45, 7) is 2.41. The minimum atomic E-state index is -0.315. The minimum absolute atomic E-state index is 0. The molecule has 1 heterocycles. The first kappa shape index (κ1) is 13.0. The Labute approximate surface area is 100 Å². The van der Waals surface area contributed by atoms with Gasteiger partial charge in [-0.3, -0.25) is 5.92 Å². The summed E-state index contributed by atoms with van der Waals surface area (Å²) >= 11 is 0. The van der Waals surface area contributed by atoms with Crippen LogP contribution < -0.4 is 5.73 Å². The molecule has 3 nitrogen and oxygen atoms in total. The van der Waals surface area contributed by atoms with E-state index in [0.717, 1.165) is 5.92 Å². The zero-order valence-electron chi connectivity index (χ0n) is 7.49. The molecule has 1 rings (SSSR count). The maximum absolute atomic E-state index is 5.78. The van der Waals surface area contributed by atoms with Gasteiger partial charge in [0.05, 0.1) is 20.6 Å². The van der Waals surface area contributed by atoms with Gasteiger partial charge in [-0.05, 0) is 0 Å². The minimum Gasteiger partial charge on any atom is -0.414 e. The fraction of sp³-hybridized carbons (Fsp3) is 0.857. The zero-order chi connectivity index (χ0) is 8.43. The Kier molecular flexibility index (Phi) is 6.21. The van der Waals surface area contributed by atoms with Crippen molar-refractivity contribution >= 4 is 7.85 Å². The van der Waals surface area contributed by atoms with Crippen LogP contribution >= 0.6 is 0 Å². The molecule has 1 aliphatic rings. The second kappa shape index (κ2) is 5.71. The predicted octanol–water partition coefficient (Wildman–Crippen LogP) is -0.555. The smallest absolute Gasteiger partial charge is 0.0712 e. The van der Waals surface area contributed by atoms with Gasteiger partial charge in [-0.1, -0.05) is 12.0 Å². The summed E-state index contributed by atoms with van der Waals surface area (Å²) in [4.78, 5) is 0. The van der Waals surface area contributed by atoms with Crippen LogP contribution in [0.5, 0.6) is 0 Å². The molecule has 0 bridgehead atoms. The molecular weight excluding hydrogens is 230 g/mol. The summed E-state index contributed by atoms with van der Waals surface area (Å²) in [6, 6.07) is -0.393. The van der Waals surface area contributed by atoms with Gasteiger partial charge in [-0.2, -0.15) is 6.92 Å². The maximum atomic E-state index is 5.78. The van der Waals surface area contributed by atoms with Gasteiger partial charge < -0.3 is 15.2 Å². The summed E-state index contributed by atoms with van der Waals surface area (Å²) in [5.74, 6) is 0.993. The maximum Gasteiger partial charge on any atom is 0.0712 e. The van der Waals surface area contributed by atoms with E-state index in [1.807, 2.05) is 6.92 Å². The van der Waals surface area contributed by atoms with E-state index in [1.54, 1.807) is 7.11 Å². The average molecular weight is 243 g/mol. The third-order valence-electron chi connectivity index (χ3n) is 2.03. The normalized spacial score (nSPS) is 36.4. The third kappa shape index (κ3) is 2.78. The van der Waals surface area contributed by atoms with E-state index in [2.05, 4.69) is 0 Å². The van der Waals surface area contributed by atoms with E-state index in [9.17, 15) is 0 Å². The van der Waals surface area contributed by atoms with Crippen LogP contribution in [0.15, 0.2) is 0 Å². The third-order valence-corrected chi connectivity index (χ3v) is 2.03. The van der Waals surface area contributed by atoms with Crippen LogP contribution in [-0.4, -0.2) is 39.7 Å². The number of nitrogens with two attached hydrogens (primary N) is 1. The molecule has 65 valence electrons. The molecule has 12 heavy (non-hydrogen) atoms. The second-order valence-corrected chi connectivity index (χ2v) is 2.82. The monoisotopic (exact) mass is 243 g/mol. The molecule has 2 N–H and O–H groups in total. The molecule has 3 radical (unpaired) electrons. The molecule has 1 saturated heterocycles. The molecule has 3 atom stereocenters. The summed E-state index contributed by atoms with van der Waals surface area (Å²) in [7, 11) is 7.21. The van der Waals surface area contributed by atoms with Crippen LogP contribution in [0.4, 0.5) is 0 Å². The quantitative estimate of drug-likeness (QED) is 0.522. The molecule has 0 saturated carbocycles. The first-order chi connectivity index (χ1) is 5.16. The van der Waals surface area contributed by atoms with Gasteiger partial charge in [-0.25, -0.2) is 0 Å². The van der Waals surface area contributed by atoms with Gasteiger partial charge in [0.15, 0.2) is 0 Å². The number of ether oxygens (including phenoxy) is 2. The molecule has 1 aliphatic heterocycles. The van der Waals surface area contributed by atoms with Crippen LogP contribution in [0.1, 0.15) is 6.92 Å². The van der Waals surface area contributed by atoms with Crippen LogP contribution in [0.2, 0.25) is 0 Å². The van der Waals surface area contributed by atoms with E-state index in [4.69, 9.17) is 23.1 Å². The van der Waals surface area contributed by atoms with Gasteiger partial charge in [0.2, 0.25) is 0 Å². The van der Waals surface area contributed by atoms with Crippen molar-refractivity contribution in [2.24, 2.45) is 5.73 Å². The number of hydrogen-bond acceptors (Lipinski definition) is 3. The summed E-state index contributed by atoms with van der Waals surface area (Å²) in [6.07, 6.45) is -0.0741. The van der Waals surface area contributed by atoms with Gasteiger partial charge in [0.25, 0.3) is 0 Å². The molecule has 0 aromatic heterocycles. The first-order valence-electron chi connectivity index (χ1n) is 3.65. The van der Waals surface area contributed by atoms with Crippen LogP contribution in [0, 0.1) is 5.92 Å². The van der Waals surface area contributed by atoms with Crippen molar-refractivity contribution < 1.29 is 42.2 Å². The zero-order valence-corrected chi connectivity index (χ0v) is 10.3. The Morgan fingerprint density at radius 2 is 2.25 bits per heavy atom. The standard InChI is InChI=1S/C7H13BNO2.Y/c1-4-6(9)5(3-10-2)11-7(4)8;/h5-7H,3,9H2,1-2H3;/q-1;/t5-,6+,7-;/m1./s1. The fourth-order valence-corrected chi connectivity index (χ4v) is 1.17. The van der Waals surface area contributed by atoms with Crippen LogP contribution in [0.25, 0.3) is 0 Å². The Morgan fingerprint density at radius 1 is 1.67 bits per heavy atom. The van der Waals surface area contributed by atoms with E-state index in [0.29, 0.717) is 6.61 Å². The van der Waals surface area contributed by atoms with E-state index in [1.165, 1.54) is 0 Å². The summed E-state index contributed by atoms with van der Waals surface area (Å²) in [5.41, 5.74) is 5.78. The molecule has 1 fully saturated rings. The Morgan fingerprint density at radius 3 is 2.58 bits per heavy atom. The van der Waals surface area contributed by atoms with Gasteiger partial charge in [0.1, 0.15) is 0 Å². The molecule has 5 heteroatoms. The average Bonchev–Trinajstić information content (AvgIpc) is 2.19. The molecule has 0 spiro atoms. The molecule has 0 amide bonds. The van der Waals surface area contributed by atoms with Crippen molar-refractivity contribution in [3.05, 3.63) is 5.92 Å². The van der Waals surface area contributed by atoms with Crippen molar-refractivity contribution in [3.63, 3.8) is 0 Å². The van der Waals surface area contributed by atoms with Crippen LogP contribution in [0.3, 0.4) is 0 Å². The fourth-order valence-electron chi connectivity index (χ4n) is 1.17. The van der Waals surface area contributed by atoms with Gasteiger partial charge in [0, 0.05) is 39.8 Å². The topological polar surface area (TPSA) is 44.5 Å². The largest absolute Gasteiger partial charge is 0.414 e. The Balaban J connectivity index is 0.00000121. The second-order valence-electron chi connectivity index (χ2n) is 2.82. The SMILES string of the molecule is [B][C@@H]1O[C@H](COC)[C@@H](N)[C-]1C.[Y]. The van der Waals surface area contributed by atoms with Gasteiger partial charge >= 0.3 is 0 Å². The molecule has 0 aromatic rings. The summed E-state index contributed by atoms with van der Waals surface area (Å²) in [5, 5.41) is 0. The van der Waals surface area contributed by atoms with Crippen molar-refractivity contribution in [2.45, 2.75) is 25.1 Å². The summed E-state index contributed by atoms with van der Waals surface area (Å²) < 4.78 is 10.2. The number of hydrogen-bond donors (Lipinski definition) is 1. The molecule has 0 unspecified atom stereocenters. The molecule has 0 aromatic carbocycles. The van der Waals surface area contributed by atoms with E-state index < -0.39 is 0 Å². The van der Waals surface area contributed by atoms with Crippen LogP contribution in [-0.2, 0) is 42.2 Å². The van der Waals surface area contributed by atoms with Crippen molar-refractivity contribution in [2.75, 3.05) is 13.7 Å².